The van der Waals surface area contributed by atoms with E-state index >= 15 is 0 Å². The number of hydrogen-bond acceptors (Lipinski definition) is 6. The summed E-state index contributed by atoms with van der Waals surface area (Å²) in [6, 6.07) is 14.4. The van der Waals surface area contributed by atoms with Gasteiger partial charge in [-0.15, -0.1) is 5.10 Å². The van der Waals surface area contributed by atoms with E-state index in [1.54, 1.807) is 16.6 Å². The van der Waals surface area contributed by atoms with Gasteiger partial charge in [0.2, 0.25) is 0 Å². The maximum Gasteiger partial charge on any atom is 0.269 e. The molecule has 0 unspecified atom stereocenters. The summed E-state index contributed by atoms with van der Waals surface area (Å²) in [5, 5.41) is 16.9. The molecule has 8 heteroatoms. The van der Waals surface area contributed by atoms with E-state index in [1.807, 2.05) is 31.2 Å². The lowest BCUT2D eigenvalue weighted by atomic mass is 10.2. The Hall–Kier alpha value is -3.00. The molecule has 0 aliphatic heterocycles. The molecule has 0 N–H and O–H groups in total. The van der Waals surface area contributed by atoms with E-state index in [0.29, 0.717) is 11.6 Å². The van der Waals surface area contributed by atoms with E-state index < -0.39 is 4.92 Å². The van der Waals surface area contributed by atoms with Crippen LogP contribution in [0.4, 0.5) is 5.69 Å². The Morgan fingerprint density at radius 1 is 1.12 bits per heavy atom. The second kappa shape index (κ2) is 6.14. The normalized spacial score (nSPS) is 11.2. The van der Waals surface area contributed by atoms with E-state index in [-0.39, 0.29) is 5.69 Å². The number of benzene rings is 2. The van der Waals surface area contributed by atoms with Crippen molar-refractivity contribution in [1.29, 1.82) is 0 Å². The summed E-state index contributed by atoms with van der Waals surface area (Å²) in [6.07, 6.45) is 0. The molecule has 2 aromatic heterocycles. The molecule has 0 saturated heterocycles. The maximum absolute atomic E-state index is 10.7. The van der Waals surface area contributed by atoms with Crippen LogP contribution < -0.4 is 0 Å². The minimum Gasteiger partial charge on any atom is -0.258 e. The van der Waals surface area contributed by atoms with Crippen LogP contribution in [0.15, 0.2) is 53.7 Å². The molecule has 0 aliphatic carbocycles. The highest BCUT2D eigenvalue weighted by atomic mass is 32.2. The SMILES string of the molecule is Cc1nc2c3ccccc3nc(SCc3ccc([N+](=O)[O-])cc3)n2n1. The first-order chi connectivity index (χ1) is 12.1. The quantitative estimate of drug-likeness (QED) is 0.241. The van der Waals surface area contributed by atoms with Crippen LogP contribution in [0, 0.1) is 17.0 Å². The van der Waals surface area contributed by atoms with E-state index in [2.05, 4.69) is 10.1 Å². The molecular formula is C17H13N5O2S. The smallest absolute Gasteiger partial charge is 0.258 e. The van der Waals surface area contributed by atoms with Gasteiger partial charge < -0.3 is 0 Å². The molecule has 0 bridgehead atoms. The van der Waals surface area contributed by atoms with E-state index in [9.17, 15) is 10.1 Å². The van der Waals surface area contributed by atoms with Crippen molar-refractivity contribution in [2.24, 2.45) is 0 Å². The van der Waals surface area contributed by atoms with E-state index in [0.717, 1.165) is 27.3 Å². The molecule has 4 rings (SSSR count). The third-order valence-electron chi connectivity index (χ3n) is 3.77. The Morgan fingerprint density at radius 2 is 1.88 bits per heavy atom. The van der Waals surface area contributed by atoms with Gasteiger partial charge in [0.25, 0.3) is 5.69 Å². The van der Waals surface area contributed by atoms with E-state index in [4.69, 9.17) is 4.98 Å². The van der Waals surface area contributed by atoms with Gasteiger partial charge in [0.1, 0.15) is 5.82 Å². The predicted octanol–water partition coefficient (Wildman–Crippen LogP) is 3.79. The first kappa shape index (κ1) is 15.5. The molecule has 4 aromatic rings. The summed E-state index contributed by atoms with van der Waals surface area (Å²) < 4.78 is 1.76. The van der Waals surface area contributed by atoms with Gasteiger partial charge in [-0.2, -0.15) is 4.52 Å². The van der Waals surface area contributed by atoms with Crippen LogP contribution in [0.25, 0.3) is 16.6 Å². The van der Waals surface area contributed by atoms with Crippen LogP contribution in [-0.2, 0) is 5.75 Å². The largest absolute Gasteiger partial charge is 0.269 e. The summed E-state index contributed by atoms with van der Waals surface area (Å²) in [7, 11) is 0. The fourth-order valence-corrected chi connectivity index (χ4v) is 3.49. The van der Waals surface area contributed by atoms with Gasteiger partial charge in [0, 0.05) is 23.3 Å². The Balaban J connectivity index is 1.69. The molecular weight excluding hydrogens is 338 g/mol. The van der Waals surface area contributed by atoms with Gasteiger partial charge in [0.05, 0.1) is 10.4 Å². The van der Waals surface area contributed by atoms with Gasteiger partial charge in [0.15, 0.2) is 10.8 Å². The number of aromatic nitrogens is 4. The van der Waals surface area contributed by atoms with Crippen LogP contribution in [0.3, 0.4) is 0 Å². The third-order valence-corrected chi connectivity index (χ3v) is 4.77. The molecule has 0 spiro atoms. The molecule has 0 fully saturated rings. The first-order valence-electron chi connectivity index (χ1n) is 7.60. The highest BCUT2D eigenvalue weighted by Gasteiger charge is 2.12. The first-order valence-corrected chi connectivity index (χ1v) is 8.58. The maximum atomic E-state index is 10.7. The van der Waals surface area contributed by atoms with Gasteiger partial charge >= 0.3 is 0 Å². The summed E-state index contributed by atoms with van der Waals surface area (Å²) in [5.41, 5.74) is 2.73. The standard InChI is InChI=1S/C17H13N5O2S/c1-11-18-16-14-4-2-3-5-15(14)19-17(21(16)20-11)25-10-12-6-8-13(9-7-12)22(23)24/h2-9H,10H2,1H3. The van der Waals surface area contributed by atoms with Crippen LogP contribution in [0.5, 0.6) is 0 Å². The fourth-order valence-electron chi connectivity index (χ4n) is 2.59. The lowest BCUT2D eigenvalue weighted by Gasteiger charge is -2.06. The molecule has 0 radical (unpaired) electrons. The number of rotatable bonds is 4. The molecule has 0 atom stereocenters. The summed E-state index contributed by atoms with van der Waals surface area (Å²) >= 11 is 1.52. The monoisotopic (exact) mass is 351 g/mol. The molecule has 124 valence electrons. The zero-order chi connectivity index (χ0) is 17.4. The molecule has 0 aliphatic rings. The summed E-state index contributed by atoms with van der Waals surface area (Å²) in [4.78, 5) is 19.5. The Morgan fingerprint density at radius 3 is 2.64 bits per heavy atom. The second-order valence-corrected chi connectivity index (χ2v) is 6.46. The molecule has 0 amide bonds. The molecule has 25 heavy (non-hydrogen) atoms. The predicted molar refractivity (Wildman–Crippen MR) is 95.7 cm³/mol. The lowest BCUT2D eigenvalue weighted by Crippen LogP contribution is -1.98. The number of para-hydroxylation sites is 1. The van der Waals surface area contributed by atoms with Crippen molar-refractivity contribution in [1.82, 2.24) is 19.6 Å². The Kier molecular flexibility index (Phi) is 3.81. The minimum absolute atomic E-state index is 0.0897. The Labute approximate surface area is 146 Å². The van der Waals surface area contributed by atoms with Crippen molar-refractivity contribution in [2.75, 3.05) is 0 Å². The van der Waals surface area contributed by atoms with Crippen LogP contribution in [-0.4, -0.2) is 24.5 Å². The van der Waals surface area contributed by atoms with Crippen molar-refractivity contribution in [2.45, 2.75) is 17.8 Å². The molecule has 2 heterocycles. The number of aryl methyl sites for hydroxylation is 1. The molecule has 0 saturated carbocycles. The van der Waals surface area contributed by atoms with E-state index in [1.165, 1.54) is 23.9 Å². The number of hydrogen-bond donors (Lipinski definition) is 0. The average molecular weight is 351 g/mol. The number of non-ortho nitro benzene ring substituents is 1. The summed E-state index contributed by atoms with van der Waals surface area (Å²) in [6.45, 7) is 1.85. The Bertz CT molecular complexity index is 1090. The fraction of sp³-hybridized carbons (Fsp3) is 0.118. The number of nitro benzene ring substituents is 1. The highest BCUT2D eigenvalue weighted by Crippen LogP contribution is 2.26. The van der Waals surface area contributed by atoms with Gasteiger partial charge in [-0.05, 0) is 24.6 Å². The van der Waals surface area contributed by atoms with Crippen LogP contribution in [0.2, 0.25) is 0 Å². The second-order valence-electron chi connectivity index (χ2n) is 5.52. The minimum atomic E-state index is -0.399. The van der Waals surface area contributed by atoms with Crippen molar-refractivity contribution in [3.63, 3.8) is 0 Å². The van der Waals surface area contributed by atoms with Crippen molar-refractivity contribution < 1.29 is 4.92 Å². The van der Waals surface area contributed by atoms with Gasteiger partial charge in [-0.3, -0.25) is 10.1 Å². The number of nitro groups is 1. The lowest BCUT2D eigenvalue weighted by molar-refractivity contribution is -0.384. The zero-order valence-corrected chi connectivity index (χ0v) is 14.1. The zero-order valence-electron chi connectivity index (χ0n) is 13.3. The molecule has 2 aromatic carbocycles. The van der Waals surface area contributed by atoms with Crippen molar-refractivity contribution in [3.05, 3.63) is 70.0 Å². The topological polar surface area (TPSA) is 86.2 Å². The summed E-state index contributed by atoms with van der Waals surface area (Å²) in [5.74, 6) is 1.33. The third kappa shape index (κ3) is 2.91. The number of thioether (sulfide) groups is 1. The van der Waals surface area contributed by atoms with Crippen molar-refractivity contribution >= 4 is 34.0 Å². The van der Waals surface area contributed by atoms with Crippen LogP contribution >= 0.6 is 11.8 Å². The van der Waals surface area contributed by atoms with Crippen LogP contribution in [0.1, 0.15) is 11.4 Å². The average Bonchev–Trinajstić information content (AvgIpc) is 3.02. The number of nitrogens with zero attached hydrogens (tertiary/aromatic N) is 5. The van der Waals surface area contributed by atoms with Gasteiger partial charge in [-0.1, -0.05) is 36.0 Å². The number of fused-ring (bicyclic) bond motifs is 3. The van der Waals surface area contributed by atoms with Gasteiger partial charge in [-0.25, -0.2) is 9.97 Å². The van der Waals surface area contributed by atoms with Crippen molar-refractivity contribution in [3.8, 4) is 0 Å². The molecule has 7 nitrogen and oxygen atoms in total. The highest BCUT2D eigenvalue weighted by molar-refractivity contribution is 7.98.